The summed E-state index contributed by atoms with van der Waals surface area (Å²) in [5, 5.41) is 0. The highest BCUT2D eigenvalue weighted by molar-refractivity contribution is 6.04. The van der Waals surface area contributed by atoms with Gasteiger partial charge < -0.3 is 19.6 Å². The second kappa shape index (κ2) is 8.49. The Balaban J connectivity index is 1.33. The number of piperazine rings is 1. The first-order valence-corrected chi connectivity index (χ1v) is 11.8. The summed E-state index contributed by atoms with van der Waals surface area (Å²) in [4.78, 5) is 35.0. The number of benzene rings is 2. The zero-order chi connectivity index (χ0) is 22.2. The highest BCUT2D eigenvalue weighted by atomic mass is 16.2. The van der Waals surface area contributed by atoms with E-state index < -0.39 is 0 Å². The average Bonchev–Trinajstić information content (AvgIpc) is 3.09. The van der Waals surface area contributed by atoms with E-state index in [0.29, 0.717) is 24.2 Å². The molecule has 3 aliphatic rings. The van der Waals surface area contributed by atoms with E-state index in [2.05, 4.69) is 48.0 Å². The average molecular weight is 433 g/mol. The van der Waals surface area contributed by atoms with Gasteiger partial charge in [0.15, 0.2) is 0 Å². The van der Waals surface area contributed by atoms with Crippen LogP contribution >= 0.6 is 0 Å². The van der Waals surface area contributed by atoms with Crippen molar-refractivity contribution in [3.8, 4) is 0 Å². The van der Waals surface area contributed by atoms with Crippen LogP contribution in [0, 0.1) is 6.92 Å². The minimum absolute atomic E-state index is 0.0568. The van der Waals surface area contributed by atoms with Gasteiger partial charge in [0, 0.05) is 51.0 Å². The van der Waals surface area contributed by atoms with Crippen LogP contribution in [0.25, 0.3) is 0 Å². The molecule has 2 aromatic carbocycles. The molecule has 2 amide bonds. The molecule has 0 aromatic heterocycles. The van der Waals surface area contributed by atoms with Crippen LogP contribution in [0.5, 0.6) is 0 Å². The Morgan fingerprint density at radius 1 is 0.906 bits per heavy atom. The van der Waals surface area contributed by atoms with Crippen molar-refractivity contribution in [3.05, 3.63) is 59.2 Å². The molecule has 6 heteroatoms. The number of fused-ring (bicyclic) bond motifs is 2. The molecule has 0 spiro atoms. The minimum Gasteiger partial charge on any atom is -0.368 e. The largest absolute Gasteiger partial charge is 0.368 e. The number of carbonyl (C=O) groups is 2. The van der Waals surface area contributed by atoms with Crippen molar-refractivity contribution in [2.45, 2.75) is 38.8 Å². The first-order valence-electron chi connectivity index (χ1n) is 11.8. The number of rotatable bonds is 2. The first kappa shape index (κ1) is 20.9. The number of anilines is 2. The normalized spacial score (nSPS) is 21.2. The van der Waals surface area contributed by atoms with Crippen LogP contribution in [-0.4, -0.2) is 67.6 Å². The number of hydrogen-bond donors (Lipinski definition) is 0. The molecule has 0 N–H and O–H groups in total. The molecule has 0 aliphatic carbocycles. The summed E-state index contributed by atoms with van der Waals surface area (Å²) in [5.41, 5.74) is 4.80. The van der Waals surface area contributed by atoms with Crippen molar-refractivity contribution in [2.24, 2.45) is 0 Å². The van der Waals surface area contributed by atoms with Crippen molar-refractivity contribution < 1.29 is 9.59 Å². The quantitative estimate of drug-likeness (QED) is 0.725. The van der Waals surface area contributed by atoms with E-state index in [1.807, 2.05) is 28.0 Å². The Kier molecular flexibility index (Phi) is 5.53. The summed E-state index contributed by atoms with van der Waals surface area (Å²) in [6.07, 6.45) is 4.46. The van der Waals surface area contributed by atoms with E-state index in [9.17, 15) is 9.59 Å². The molecule has 2 saturated heterocycles. The predicted molar refractivity (Wildman–Crippen MR) is 127 cm³/mol. The molecule has 0 bridgehead atoms. The van der Waals surface area contributed by atoms with Gasteiger partial charge in [-0.1, -0.05) is 24.6 Å². The third kappa shape index (κ3) is 3.61. The van der Waals surface area contributed by atoms with Gasteiger partial charge in [-0.15, -0.1) is 0 Å². The molecule has 1 atom stereocenters. The number of para-hydroxylation sites is 1. The third-order valence-corrected chi connectivity index (χ3v) is 7.31. The fourth-order valence-electron chi connectivity index (χ4n) is 5.43. The summed E-state index contributed by atoms with van der Waals surface area (Å²) in [6.45, 7) is 6.02. The van der Waals surface area contributed by atoms with Crippen LogP contribution in [0.4, 0.5) is 11.4 Å². The zero-order valence-electron chi connectivity index (χ0n) is 19.1. The molecule has 168 valence electrons. The van der Waals surface area contributed by atoms with Gasteiger partial charge >= 0.3 is 0 Å². The lowest BCUT2D eigenvalue weighted by Crippen LogP contribution is -2.53. The predicted octanol–water partition coefficient (Wildman–Crippen LogP) is 3.75. The van der Waals surface area contributed by atoms with Gasteiger partial charge in [-0.05, 0) is 56.0 Å². The molecule has 5 rings (SSSR count). The van der Waals surface area contributed by atoms with Gasteiger partial charge in [-0.2, -0.15) is 0 Å². The highest BCUT2D eigenvalue weighted by Crippen LogP contribution is 2.34. The number of hydrogen-bond acceptors (Lipinski definition) is 4. The fraction of sp³-hybridized carbons (Fsp3) is 0.462. The lowest BCUT2D eigenvalue weighted by molar-refractivity contribution is 0.0659. The van der Waals surface area contributed by atoms with Gasteiger partial charge in [-0.3, -0.25) is 9.59 Å². The van der Waals surface area contributed by atoms with Gasteiger partial charge in [-0.25, -0.2) is 0 Å². The van der Waals surface area contributed by atoms with Crippen molar-refractivity contribution in [1.29, 1.82) is 0 Å². The molecule has 0 unspecified atom stereocenters. The Morgan fingerprint density at radius 2 is 1.69 bits per heavy atom. The Hall–Kier alpha value is -3.02. The molecule has 0 radical (unpaired) electrons. The Labute approximate surface area is 190 Å². The first-order chi connectivity index (χ1) is 15.5. The lowest BCUT2D eigenvalue weighted by atomic mass is 10.0. The Morgan fingerprint density at radius 3 is 2.47 bits per heavy atom. The van der Waals surface area contributed by atoms with Crippen molar-refractivity contribution in [2.75, 3.05) is 49.6 Å². The SMILES string of the molecule is Cc1ccccc1N1CCN(C(=O)c2ccc3c(c2)N(C)[C@@H]2CCCCCN2C3=O)CC1. The zero-order valence-corrected chi connectivity index (χ0v) is 19.1. The van der Waals surface area contributed by atoms with E-state index in [1.54, 1.807) is 0 Å². The standard InChI is InChI=1S/C26H32N4O2/c1-19-8-5-6-9-22(19)28-14-16-29(17-15-28)25(31)20-11-12-21-23(18-20)27(2)24-10-4-3-7-13-30(24)26(21)32/h5-6,8-9,11-12,18,24H,3-4,7,10,13-17H2,1-2H3/t24-/m0/s1. The maximum atomic E-state index is 13.3. The van der Waals surface area contributed by atoms with Crippen LogP contribution in [0.15, 0.2) is 42.5 Å². The molecule has 3 aliphatic heterocycles. The van der Waals surface area contributed by atoms with Gasteiger partial charge in [0.1, 0.15) is 6.17 Å². The summed E-state index contributed by atoms with van der Waals surface area (Å²) in [6, 6.07) is 14.0. The topological polar surface area (TPSA) is 47.1 Å². The molecular weight excluding hydrogens is 400 g/mol. The molecule has 2 aromatic rings. The van der Waals surface area contributed by atoms with Crippen LogP contribution in [0.1, 0.15) is 52.0 Å². The third-order valence-electron chi connectivity index (χ3n) is 7.31. The summed E-state index contributed by atoms with van der Waals surface area (Å²) in [5.74, 6) is 0.164. The van der Waals surface area contributed by atoms with Crippen LogP contribution in [-0.2, 0) is 0 Å². The van der Waals surface area contributed by atoms with E-state index in [4.69, 9.17) is 0 Å². The monoisotopic (exact) mass is 432 g/mol. The van der Waals surface area contributed by atoms with E-state index in [0.717, 1.165) is 44.6 Å². The number of carbonyl (C=O) groups excluding carboxylic acids is 2. The second-order valence-corrected chi connectivity index (χ2v) is 9.24. The van der Waals surface area contributed by atoms with E-state index in [1.165, 1.54) is 17.7 Å². The van der Waals surface area contributed by atoms with Gasteiger partial charge in [0.2, 0.25) is 0 Å². The smallest absolute Gasteiger partial charge is 0.257 e. The van der Waals surface area contributed by atoms with Crippen molar-refractivity contribution >= 4 is 23.2 Å². The molecule has 32 heavy (non-hydrogen) atoms. The number of nitrogens with zero attached hydrogens (tertiary/aromatic N) is 4. The van der Waals surface area contributed by atoms with Crippen LogP contribution in [0.3, 0.4) is 0 Å². The maximum absolute atomic E-state index is 13.3. The van der Waals surface area contributed by atoms with E-state index >= 15 is 0 Å². The van der Waals surface area contributed by atoms with Crippen LogP contribution < -0.4 is 9.80 Å². The van der Waals surface area contributed by atoms with Gasteiger partial charge in [0.25, 0.3) is 11.8 Å². The fourth-order valence-corrected chi connectivity index (χ4v) is 5.43. The minimum atomic E-state index is 0.0568. The summed E-state index contributed by atoms with van der Waals surface area (Å²) in [7, 11) is 2.06. The molecule has 3 heterocycles. The van der Waals surface area contributed by atoms with E-state index in [-0.39, 0.29) is 18.0 Å². The summed E-state index contributed by atoms with van der Waals surface area (Å²) >= 11 is 0. The maximum Gasteiger partial charge on any atom is 0.257 e. The van der Waals surface area contributed by atoms with Crippen molar-refractivity contribution in [1.82, 2.24) is 9.80 Å². The summed E-state index contributed by atoms with van der Waals surface area (Å²) < 4.78 is 0. The molecule has 6 nitrogen and oxygen atoms in total. The highest BCUT2D eigenvalue weighted by Gasteiger charge is 2.37. The van der Waals surface area contributed by atoms with Crippen molar-refractivity contribution in [3.63, 3.8) is 0 Å². The molecule has 2 fully saturated rings. The molecule has 0 saturated carbocycles. The molecular formula is C26H32N4O2. The number of amides is 2. The lowest BCUT2D eigenvalue weighted by Gasteiger charge is -2.43. The Bertz CT molecular complexity index is 1030. The number of aryl methyl sites for hydroxylation is 1. The van der Waals surface area contributed by atoms with Gasteiger partial charge in [0.05, 0.1) is 11.3 Å². The second-order valence-electron chi connectivity index (χ2n) is 9.24. The van der Waals surface area contributed by atoms with Crippen LogP contribution in [0.2, 0.25) is 0 Å².